The number of benzene rings is 2. The third-order valence-electron chi connectivity index (χ3n) is 6.49. The summed E-state index contributed by atoms with van der Waals surface area (Å²) in [7, 11) is 0. The Kier molecular flexibility index (Phi) is 6.68. The molecule has 2 aliphatic heterocycles. The van der Waals surface area contributed by atoms with E-state index in [9.17, 15) is 9.59 Å². The van der Waals surface area contributed by atoms with Crippen LogP contribution in [0.15, 0.2) is 30.3 Å². The molecule has 0 atom stereocenters. The van der Waals surface area contributed by atoms with Crippen molar-refractivity contribution in [3.63, 3.8) is 0 Å². The number of ether oxygens (including phenoxy) is 2. The van der Waals surface area contributed by atoms with E-state index in [0.29, 0.717) is 73.2 Å². The first-order valence-corrected chi connectivity index (χ1v) is 11.7. The standard InChI is InChI=1S/C25H27Cl2NO4/c1-16-5-7-19-21(29)15-25(32-24(19)17(16)2)9-11-28(12-10-25)23(30)4-3-13-31-22-8-6-18(26)14-20(22)27/h5-8,14H,3-4,9-13,15H2,1-2H3. The Morgan fingerprint density at radius 2 is 1.91 bits per heavy atom. The summed E-state index contributed by atoms with van der Waals surface area (Å²) in [5.41, 5.74) is 2.31. The summed E-state index contributed by atoms with van der Waals surface area (Å²) < 4.78 is 12.1. The Morgan fingerprint density at radius 3 is 2.62 bits per heavy atom. The number of Topliss-reactive ketones (excluding diaryl/α,β-unsaturated/α-hetero) is 1. The zero-order valence-electron chi connectivity index (χ0n) is 18.4. The molecule has 0 unspecified atom stereocenters. The molecule has 1 spiro atoms. The Bertz CT molecular complexity index is 1040. The molecular weight excluding hydrogens is 449 g/mol. The lowest BCUT2D eigenvalue weighted by molar-refractivity contribution is -0.135. The predicted octanol–water partition coefficient (Wildman–Crippen LogP) is 5.80. The van der Waals surface area contributed by atoms with Crippen LogP contribution in [0.1, 0.15) is 53.6 Å². The lowest BCUT2D eigenvalue weighted by atomic mass is 9.81. The van der Waals surface area contributed by atoms with Gasteiger partial charge in [0.1, 0.15) is 17.1 Å². The average Bonchev–Trinajstić information content (AvgIpc) is 2.76. The number of hydrogen-bond donors (Lipinski definition) is 0. The van der Waals surface area contributed by atoms with Crippen molar-refractivity contribution in [1.82, 2.24) is 4.90 Å². The lowest BCUT2D eigenvalue weighted by Crippen LogP contribution is -2.52. The van der Waals surface area contributed by atoms with Crippen molar-refractivity contribution in [2.45, 2.75) is 51.6 Å². The van der Waals surface area contributed by atoms with Crippen LogP contribution in [0.3, 0.4) is 0 Å². The Hall–Kier alpha value is -2.24. The number of fused-ring (bicyclic) bond motifs is 1. The molecule has 7 heteroatoms. The average molecular weight is 476 g/mol. The van der Waals surface area contributed by atoms with E-state index in [1.165, 1.54) is 0 Å². The van der Waals surface area contributed by atoms with Crippen LogP contribution < -0.4 is 9.47 Å². The Balaban J connectivity index is 1.28. The Morgan fingerprint density at radius 1 is 1.16 bits per heavy atom. The van der Waals surface area contributed by atoms with Crippen LogP contribution in [0.5, 0.6) is 11.5 Å². The fourth-order valence-electron chi connectivity index (χ4n) is 4.38. The highest BCUT2D eigenvalue weighted by atomic mass is 35.5. The van der Waals surface area contributed by atoms with Crippen LogP contribution in [0.25, 0.3) is 0 Å². The first-order valence-electron chi connectivity index (χ1n) is 11.0. The van der Waals surface area contributed by atoms with Crippen LogP contribution in [-0.2, 0) is 4.79 Å². The van der Waals surface area contributed by atoms with Gasteiger partial charge in [-0.25, -0.2) is 0 Å². The highest BCUT2D eigenvalue weighted by molar-refractivity contribution is 6.35. The van der Waals surface area contributed by atoms with Gasteiger partial charge < -0.3 is 14.4 Å². The summed E-state index contributed by atoms with van der Waals surface area (Å²) in [6, 6.07) is 8.91. The monoisotopic (exact) mass is 475 g/mol. The van der Waals surface area contributed by atoms with Crippen LogP contribution in [-0.4, -0.2) is 41.9 Å². The molecule has 1 fully saturated rings. The smallest absolute Gasteiger partial charge is 0.222 e. The number of rotatable bonds is 5. The van der Waals surface area contributed by atoms with Gasteiger partial charge in [0.2, 0.25) is 5.91 Å². The fourth-order valence-corrected chi connectivity index (χ4v) is 4.84. The molecule has 32 heavy (non-hydrogen) atoms. The van der Waals surface area contributed by atoms with Gasteiger partial charge in [0.25, 0.3) is 0 Å². The van der Waals surface area contributed by atoms with Crippen LogP contribution in [0, 0.1) is 13.8 Å². The summed E-state index contributed by atoms with van der Waals surface area (Å²) >= 11 is 12.0. The number of hydrogen-bond acceptors (Lipinski definition) is 4. The number of aryl methyl sites for hydroxylation is 1. The number of likely N-dealkylation sites (tertiary alicyclic amines) is 1. The molecule has 170 valence electrons. The van der Waals surface area contributed by atoms with Gasteiger partial charge in [0.05, 0.1) is 23.6 Å². The molecule has 2 aromatic rings. The van der Waals surface area contributed by atoms with E-state index in [1.54, 1.807) is 18.2 Å². The lowest BCUT2D eigenvalue weighted by Gasteiger charge is -2.44. The first-order chi connectivity index (χ1) is 15.3. The summed E-state index contributed by atoms with van der Waals surface area (Å²) in [6.07, 6.45) is 2.70. The van der Waals surface area contributed by atoms with Crippen LogP contribution in [0.4, 0.5) is 0 Å². The van der Waals surface area contributed by atoms with Gasteiger partial charge >= 0.3 is 0 Å². The van der Waals surface area contributed by atoms with E-state index in [-0.39, 0.29) is 11.7 Å². The van der Waals surface area contributed by atoms with E-state index in [1.807, 2.05) is 30.9 Å². The third kappa shape index (κ3) is 4.74. The molecule has 2 heterocycles. The van der Waals surface area contributed by atoms with Crippen molar-refractivity contribution in [2.75, 3.05) is 19.7 Å². The number of piperidine rings is 1. The van der Waals surface area contributed by atoms with Crippen molar-refractivity contribution in [3.8, 4) is 11.5 Å². The first kappa shape index (κ1) is 22.9. The van der Waals surface area contributed by atoms with Gasteiger partial charge in [-0.05, 0) is 55.7 Å². The van der Waals surface area contributed by atoms with Crippen molar-refractivity contribution < 1.29 is 19.1 Å². The van der Waals surface area contributed by atoms with E-state index >= 15 is 0 Å². The molecule has 5 nitrogen and oxygen atoms in total. The maximum Gasteiger partial charge on any atom is 0.222 e. The minimum Gasteiger partial charge on any atom is -0.492 e. The predicted molar refractivity (Wildman–Crippen MR) is 125 cm³/mol. The van der Waals surface area contributed by atoms with E-state index < -0.39 is 5.60 Å². The van der Waals surface area contributed by atoms with Crippen LogP contribution in [0.2, 0.25) is 10.0 Å². The van der Waals surface area contributed by atoms with Crippen LogP contribution >= 0.6 is 23.2 Å². The fraction of sp³-hybridized carbons (Fsp3) is 0.440. The highest BCUT2D eigenvalue weighted by Gasteiger charge is 2.44. The van der Waals surface area contributed by atoms with Gasteiger partial charge in [-0.3, -0.25) is 9.59 Å². The van der Waals surface area contributed by atoms with E-state index in [2.05, 4.69) is 0 Å². The maximum atomic E-state index is 12.8. The minimum atomic E-state index is -0.506. The van der Waals surface area contributed by atoms with Gasteiger partial charge in [0.15, 0.2) is 5.78 Å². The summed E-state index contributed by atoms with van der Waals surface area (Å²) in [6.45, 7) is 5.61. The topological polar surface area (TPSA) is 55.8 Å². The second kappa shape index (κ2) is 9.32. The molecule has 1 saturated heterocycles. The normalized spacial score (nSPS) is 17.1. The molecule has 0 saturated carbocycles. The van der Waals surface area contributed by atoms with E-state index in [4.69, 9.17) is 32.7 Å². The largest absolute Gasteiger partial charge is 0.492 e. The van der Waals surface area contributed by atoms with Gasteiger partial charge in [-0.1, -0.05) is 29.3 Å². The number of carbonyl (C=O) groups excluding carboxylic acids is 2. The maximum absolute atomic E-state index is 12.8. The number of ketones is 1. The zero-order valence-corrected chi connectivity index (χ0v) is 19.9. The number of halogens is 2. The summed E-state index contributed by atoms with van der Waals surface area (Å²) in [5, 5.41) is 1.01. The summed E-state index contributed by atoms with van der Waals surface area (Å²) in [4.78, 5) is 27.3. The molecule has 0 aliphatic carbocycles. The molecule has 4 rings (SSSR count). The molecule has 2 aromatic carbocycles. The SMILES string of the molecule is Cc1ccc2c(c1C)OC1(CCN(C(=O)CCCOc3ccc(Cl)cc3Cl)CC1)CC2=O. The second-order valence-electron chi connectivity index (χ2n) is 8.68. The van der Waals surface area contributed by atoms with Gasteiger partial charge in [-0.2, -0.15) is 0 Å². The number of carbonyl (C=O) groups is 2. The molecule has 1 amide bonds. The van der Waals surface area contributed by atoms with Crippen molar-refractivity contribution in [2.24, 2.45) is 0 Å². The summed E-state index contributed by atoms with van der Waals surface area (Å²) in [5.74, 6) is 1.51. The van der Waals surface area contributed by atoms with Gasteiger partial charge in [-0.15, -0.1) is 0 Å². The number of nitrogens with zero attached hydrogens (tertiary/aromatic N) is 1. The molecule has 0 aromatic heterocycles. The molecule has 0 N–H and O–H groups in total. The molecule has 2 aliphatic rings. The zero-order chi connectivity index (χ0) is 22.9. The highest BCUT2D eigenvalue weighted by Crippen LogP contribution is 2.41. The molecular formula is C25H27Cl2NO4. The number of amides is 1. The van der Waals surface area contributed by atoms with E-state index in [0.717, 1.165) is 16.9 Å². The molecule has 0 radical (unpaired) electrons. The van der Waals surface area contributed by atoms with Crippen molar-refractivity contribution in [3.05, 3.63) is 57.1 Å². The second-order valence-corrected chi connectivity index (χ2v) is 9.52. The van der Waals surface area contributed by atoms with Crippen molar-refractivity contribution >= 4 is 34.9 Å². The van der Waals surface area contributed by atoms with Gasteiger partial charge in [0, 0.05) is 37.4 Å². The quantitative estimate of drug-likeness (QED) is 0.513. The minimum absolute atomic E-state index is 0.0974. The third-order valence-corrected chi connectivity index (χ3v) is 7.02. The molecule has 0 bridgehead atoms. The van der Waals surface area contributed by atoms with Crippen molar-refractivity contribution in [1.29, 1.82) is 0 Å². The Labute approximate surface area is 198 Å².